The van der Waals surface area contributed by atoms with Crippen LogP contribution < -0.4 is 0 Å². The summed E-state index contributed by atoms with van der Waals surface area (Å²) < 4.78 is 10.1. The number of hydrogen-bond acceptors (Lipinski definition) is 1. The van der Waals surface area contributed by atoms with Crippen LogP contribution in [0.4, 0.5) is 0 Å². The maximum atomic E-state index is 11.0. The van der Waals surface area contributed by atoms with E-state index in [2.05, 4.69) is 31.9 Å². The van der Waals surface area contributed by atoms with Crippen LogP contribution in [0.15, 0.2) is 30.3 Å². The summed E-state index contributed by atoms with van der Waals surface area (Å²) in [6.07, 6.45) is 0. The smallest absolute Gasteiger partial charge is 0.324 e. The van der Waals surface area contributed by atoms with Crippen LogP contribution in [0, 0.1) is 0 Å². The number of halogens is 2. The number of benzene rings is 1. The van der Waals surface area contributed by atoms with Gasteiger partial charge in [0.15, 0.2) is 0 Å². The molecule has 0 aliphatic carbocycles. The van der Waals surface area contributed by atoms with Gasteiger partial charge in [-0.2, -0.15) is 0 Å². The Balaban J connectivity index is 2.87. The first-order valence-electron chi connectivity index (χ1n) is 3.81. The molecule has 6 heteroatoms. The second-order valence-electron chi connectivity index (χ2n) is 2.77. The van der Waals surface area contributed by atoms with Gasteiger partial charge in [-0.05, 0) is 5.56 Å². The minimum Gasteiger partial charge on any atom is -0.324 e. The summed E-state index contributed by atoms with van der Waals surface area (Å²) in [7, 11) is -4.11. The molecular weight excluding hydrogens is 335 g/mol. The van der Waals surface area contributed by atoms with Crippen molar-refractivity contribution >= 4 is 39.5 Å². The summed E-state index contributed by atoms with van der Waals surface area (Å²) in [5.74, 6) is 0. The Kier molecular flexibility index (Phi) is 4.34. The van der Waals surface area contributed by atoms with Gasteiger partial charge in [-0.15, -0.1) is 0 Å². The Morgan fingerprint density at radius 1 is 1.14 bits per heavy atom. The van der Waals surface area contributed by atoms with Gasteiger partial charge >= 0.3 is 7.60 Å². The average molecular weight is 344 g/mol. The Labute approximate surface area is 98.9 Å². The molecule has 14 heavy (non-hydrogen) atoms. The molecule has 78 valence electrons. The molecule has 1 aromatic carbocycles. The predicted molar refractivity (Wildman–Crippen MR) is 62.9 cm³/mol. The summed E-state index contributed by atoms with van der Waals surface area (Å²) in [5.41, 5.74) is 0.831. The minimum absolute atomic E-state index is 0.399. The lowest BCUT2D eigenvalue weighted by molar-refractivity contribution is 0.370. The first-order chi connectivity index (χ1) is 6.43. The third-order valence-electron chi connectivity index (χ3n) is 1.68. The molecule has 1 aromatic rings. The molecule has 0 aliphatic rings. The zero-order valence-electron chi connectivity index (χ0n) is 7.05. The molecule has 0 radical (unpaired) electrons. The second-order valence-corrected chi connectivity index (χ2v) is 7.19. The maximum absolute atomic E-state index is 11.0. The van der Waals surface area contributed by atoms with Crippen LogP contribution >= 0.6 is 39.5 Å². The van der Waals surface area contributed by atoms with Gasteiger partial charge in [-0.1, -0.05) is 62.2 Å². The topological polar surface area (TPSA) is 57.5 Å². The molecule has 0 aromatic heterocycles. The monoisotopic (exact) mass is 342 g/mol. The molecule has 0 saturated carbocycles. The highest BCUT2D eigenvalue weighted by Crippen LogP contribution is 2.53. The normalized spacial score (nSPS) is 16.3. The standard InChI is InChI=1S/C8H9Br2O3P/c9-7(8(10)14(11,12)13)6-4-2-1-3-5-6/h1-5,7-8H,(H2,11,12,13). The largest absolute Gasteiger partial charge is 0.340 e. The molecule has 0 heterocycles. The van der Waals surface area contributed by atoms with Gasteiger partial charge < -0.3 is 9.79 Å². The number of rotatable bonds is 3. The van der Waals surface area contributed by atoms with E-state index in [9.17, 15) is 4.57 Å². The number of alkyl halides is 2. The fourth-order valence-electron chi connectivity index (χ4n) is 0.966. The molecule has 2 atom stereocenters. The Morgan fingerprint density at radius 3 is 2.07 bits per heavy atom. The van der Waals surface area contributed by atoms with Crippen LogP contribution in [-0.4, -0.2) is 14.4 Å². The van der Waals surface area contributed by atoms with Gasteiger partial charge in [-0.3, -0.25) is 4.57 Å². The molecule has 3 nitrogen and oxygen atoms in total. The van der Waals surface area contributed by atoms with E-state index in [1.165, 1.54) is 0 Å². The maximum Gasteiger partial charge on any atom is 0.340 e. The van der Waals surface area contributed by atoms with Gasteiger partial charge in [0.2, 0.25) is 0 Å². The summed E-state index contributed by atoms with van der Waals surface area (Å²) in [5, 5.41) is 0. The van der Waals surface area contributed by atoms with Crippen molar-refractivity contribution in [2.24, 2.45) is 0 Å². The van der Waals surface area contributed by atoms with E-state index in [1.54, 1.807) is 0 Å². The van der Waals surface area contributed by atoms with Gasteiger partial charge in [0.25, 0.3) is 0 Å². The second kappa shape index (κ2) is 4.90. The van der Waals surface area contributed by atoms with Crippen molar-refractivity contribution in [3.8, 4) is 0 Å². The van der Waals surface area contributed by atoms with Gasteiger partial charge in [0.1, 0.15) is 4.57 Å². The van der Waals surface area contributed by atoms with Crippen molar-refractivity contribution in [3.63, 3.8) is 0 Å². The Hall–Kier alpha value is 0.330. The van der Waals surface area contributed by atoms with Crippen LogP contribution in [0.3, 0.4) is 0 Å². The molecule has 0 amide bonds. The van der Waals surface area contributed by atoms with E-state index >= 15 is 0 Å². The Bertz CT molecular complexity index is 338. The molecular formula is C8H9Br2O3P. The zero-order valence-corrected chi connectivity index (χ0v) is 11.1. The van der Waals surface area contributed by atoms with Crippen LogP contribution in [0.1, 0.15) is 10.4 Å². The number of hydrogen-bond donors (Lipinski definition) is 2. The van der Waals surface area contributed by atoms with E-state index in [0.29, 0.717) is 0 Å². The molecule has 0 fully saturated rings. The fraction of sp³-hybridized carbons (Fsp3) is 0.250. The summed E-state index contributed by atoms with van der Waals surface area (Å²) in [6.45, 7) is 0. The van der Waals surface area contributed by atoms with E-state index in [1.807, 2.05) is 30.3 Å². The first-order valence-corrected chi connectivity index (χ1v) is 7.32. The average Bonchev–Trinajstić information content (AvgIpc) is 2.15. The molecule has 2 N–H and O–H groups in total. The summed E-state index contributed by atoms with van der Waals surface area (Å²) in [4.78, 5) is 17.5. The van der Waals surface area contributed by atoms with Crippen LogP contribution in [0.5, 0.6) is 0 Å². The molecule has 0 spiro atoms. The Morgan fingerprint density at radius 2 is 1.64 bits per heavy atom. The van der Waals surface area contributed by atoms with E-state index in [-0.39, 0.29) is 0 Å². The lowest BCUT2D eigenvalue weighted by Crippen LogP contribution is -2.06. The zero-order chi connectivity index (χ0) is 10.8. The summed E-state index contributed by atoms with van der Waals surface area (Å²) in [6, 6.07) is 9.11. The third kappa shape index (κ3) is 3.17. The van der Waals surface area contributed by atoms with E-state index in [0.717, 1.165) is 5.56 Å². The van der Waals surface area contributed by atoms with Gasteiger partial charge in [0, 0.05) is 0 Å². The highest BCUT2D eigenvalue weighted by Gasteiger charge is 2.33. The van der Waals surface area contributed by atoms with Crippen molar-refractivity contribution in [1.29, 1.82) is 0 Å². The highest BCUT2D eigenvalue weighted by molar-refractivity contribution is 9.13. The minimum atomic E-state index is -4.11. The third-order valence-corrected chi connectivity index (χ3v) is 6.93. The van der Waals surface area contributed by atoms with Crippen LogP contribution in [0.25, 0.3) is 0 Å². The van der Waals surface area contributed by atoms with Crippen molar-refractivity contribution in [1.82, 2.24) is 0 Å². The van der Waals surface area contributed by atoms with E-state index < -0.39 is 17.0 Å². The first kappa shape index (κ1) is 12.4. The van der Waals surface area contributed by atoms with E-state index in [4.69, 9.17) is 9.79 Å². The van der Waals surface area contributed by atoms with Crippen molar-refractivity contribution < 1.29 is 14.4 Å². The SMILES string of the molecule is O=P(O)(O)C(Br)C(Br)c1ccccc1. The van der Waals surface area contributed by atoms with Crippen molar-refractivity contribution in [2.75, 3.05) is 0 Å². The lowest BCUT2D eigenvalue weighted by Gasteiger charge is -2.17. The lowest BCUT2D eigenvalue weighted by atomic mass is 10.2. The molecule has 0 saturated heterocycles. The molecule has 2 unspecified atom stereocenters. The van der Waals surface area contributed by atoms with Crippen molar-refractivity contribution in [3.05, 3.63) is 35.9 Å². The van der Waals surface area contributed by atoms with Gasteiger partial charge in [-0.25, -0.2) is 0 Å². The quantitative estimate of drug-likeness (QED) is 0.655. The fourth-order valence-corrected chi connectivity index (χ4v) is 3.01. The summed E-state index contributed by atoms with van der Waals surface area (Å²) >= 11 is 6.24. The molecule has 0 bridgehead atoms. The predicted octanol–water partition coefficient (Wildman–Crippen LogP) is 3.02. The van der Waals surface area contributed by atoms with Crippen molar-refractivity contribution in [2.45, 2.75) is 9.40 Å². The van der Waals surface area contributed by atoms with Gasteiger partial charge in [0.05, 0.1) is 4.83 Å². The molecule has 1 rings (SSSR count). The highest BCUT2D eigenvalue weighted by atomic mass is 79.9. The van der Waals surface area contributed by atoms with Crippen LogP contribution in [-0.2, 0) is 4.57 Å². The van der Waals surface area contributed by atoms with Crippen LogP contribution in [0.2, 0.25) is 0 Å². The molecule has 0 aliphatic heterocycles.